The highest BCUT2D eigenvalue weighted by atomic mass is 16.5. The molecule has 0 saturated carbocycles. The smallest absolute Gasteiger partial charge is 0.123 e. The molecule has 3 heteroatoms. The summed E-state index contributed by atoms with van der Waals surface area (Å²) in [6, 6.07) is 8.04. The van der Waals surface area contributed by atoms with Crippen molar-refractivity contribution in [1.82, 2.24) is 0 Å². The number of hydrogen-bond donors (Lipinski definition) is 1. The van der Waals surface area contributed by atoms with Crippen molar-refractivity contribution in [1.29, 1.82) is 5.26 Å². The van der Waals surface area contributed by atoms with Crippen LogP contribution in [0.25, 0.3) is 0 Å². The first-order valence-electron chi connectivity index (χ1n) is 6.68. The third-order valence-electron chi connectivity index (χ3n) is 3.49. The molecule has 0 saturated heterocycles. The van der Waals surface area contributed by atoms with Crippen molar-refractivity contribution < 1.29 is 4.74 Å². The number of methoxy groups -OCH3 is 1. The van der Waals surface area contributed by atoms with E-state index in [0.29, 0.717) is 0 Å². The van der Waals surface area contributed by atoms with Crippen LogP contribution in [0.3, 0.4) is 0 Å². The Hall–Kier alpha value is -1.53. The van der Waals surface area contributed by atoms with Crippen LogP contribution >= 0.6 is 0 Å². The van der Waals surface area contributed by atoms with Crippen molar-refractivity contribution in [2.45, 2.75) is 45.6 Å². The Labute approximate surface area is 116 Å². The maximum Gasteiger partial charge on any atom is 0.123 e. The lowest BCUT2D eigenvalue weighted by molar-refractivity contribution is 0.396. The Morgan fingerprint density at radius 1 is 1.37 bits per heavy atom. The second-order valence-electron chi connectivity index (χ2n) is 5.88. The average Bonchev–Trinajstić information content (AvgIpc) is 2.38. The summed E-state index contributed by atoms with van der Waals surface area (Å²) in [5, 5.41) is 9.18. The van der Waals surface area contributed by atoms with Gasteiger partial charge in [-0.15, -0.1) is 0 Å². The lowest BCUT2D eigenvalue weighted by Crippen LogP contribution is -2.21. The number of nitriles is 1. The Morgan fingerprint density at radius 2 is 2.00 bits per heavy atom. The van der Waals surface area contributed by atoms with E-state index < -0.39 is 0 Å². The minimum atomic E-state index is -0.313. The summed E-state index contributed by atoms with van der Waals surface area (Å²) in [5.41, 5.74) is 8.42. The minimum absolute atomic E-state index is 0.0507. The van der Waals surface area contributed by atoms with E-state index in [4.69, 9.17) is 10.5 Å². The molecule has 1 aromatic rings. The molecule has 0 spiro atoms. The van der Waals surface area contributed by atoms with Gasteiger partial charge < -0.3 is 10.5 Å². The molecule has 1 rings (SSSR count). The van der Waals surface area contributed by atoms with Gasteiger partial charge in [0.1, 0.15) is 5.75 Å². The van der Waals surface area contributed by atoms with E-state index in [2.05, 4.69) is 39.0 Å². The standard InChI is InChI=1S/C16H24N2O/c1-6-11(10-17)15(18)13-9-12(16(2,3)4)7-8-14(13)19-5/h7-9,11,15H,6,18H2,1-5H3. The van der Waals surface area contributed by atoms with Crippen LogP contribution in [-0.2, 0) is 5.41 Å². The van der Waals surface area contributed by atoms with Gasteiger partial charge in [0.05, 0.1) is 19.1 Å². The molecule has 0 aliphatic heterocycles. The molecule has 0 aromatic heterocycles. The Bertz CT molecular complexity index is 469. The van der Waals surface area contributed by atoms with Crippen molar-refractivity contribution in [2.75, 3.05) is 7.11 Å². The summed E-state index contributed by atoms with van der Waals surface area (Å²) in [7, 11) is 1.63. The van der Waals surface area contributed by atoms with Gasteiger partial charge in [0.15, 0.2) is 0 Å². The number of rotatable bonds is 4. The molecular formula is C16H24N2O. The van der Waals surface area contributed by atoms with Crippen LogP contribution in [-0.4, -0.2) is 7.11 Å². The van der Waals surface area contributed by atoms with Gasteiger partial charge in [-0.05, 0) is 29.5 Å². The molecule has 0 bridgehead atoms. The van der Waals surface area contributed by atoms with Crippen molar-refractivity contribution >= 4 is 0 Å². The molecule has 2 unspecified atom stereocenters. The van der Waals surface area contributed by atoms with Gasteiger partial charge in [-0.1, -0.05) is 33.8 Å². The zero-order chi connectivity index (χ0) is 14.6. The zero-order valence-corrected chi connectivity index (χ0v) is 12.5. The van der Waals surface area contributed by atoms with Crippen LogP contribution in [0.5, 0.6) is 5.75 Å². The average molecular weight is 260 g/mol. The van der Waals surface area contributed by atoms with Crippen molar-refractivity contribution in [3.05, 3.63) is 29.3 Å². The quantitative estimate of drug-likeness (QED) is 0.900. The van der Waals surface area contributed by atoms with Crippen LogP contribution in [0, 0.1) is 17.2 Å². The molecule has 2 N–H and O–H groups in total. The molecule has 1 aromatic carbocycles. The summed E-state index contributed by atoms with van der Waals surface area (Å²) in [6.45, 7) is 8.46. The maximum absolute atomic E-state index is 9.18. The lowest BCUT2D eigenvalue weighted by Gasteiger charge is -2.24. The second-order valence-corrected chi connectivity index (χ2v) is 5.88. The monoisotopic (exact) mass is 260 g/mol. The van der Waals surface area contributed by atoms with Crippen molar-refractivity contribution in [3.8, 4) is 11.8 Å². The molecule has 0 fully saturated rings. The van der Waals surface area contributed by atoms with Gasteiger partial charge in [-0.3, -0.25) is 0 Å². The molecule has 19 heavy (non-hydrogen) atoms. The van der Waals surface area contributed by atoms with Gasteiger partial charge in [0.2, 0.25) is 0 Å². The maximum atomic E-state index is 9.18. The second kappa shape index (κ2) is 6.08. The third-order valence-corrected chi connectivity index (χ3v) is 3.49. The van der Waals surface area contributed by atoms with E-state index in [0.717, 1.165) is 17.7 Å². The highest BCUT2D eigenvalue weighted by molar-refractivity contribution is 5.42. The highest BCUT2D eigenvalue weighted by Crippen LogP contribution is 2.34. The fourth-order valence-corrected chi connectivity index (χ4v) is 2.10. The van der Waals surface area contributed by atoms with Gasteiger partial charge >= 0.3 is 0 Å². The number of ether oxygens (including phenoxy) is 1. The van der Waals surface area contributed by atoms with Gasteiger partial charge in [0, 0.05) is 11.6 Å². The summed E-state index contributed by atoms with van der Waals surface area (Å²) >= 11 is 0. The Kier molecular flexibility index (Phi) is 4.97. The number of nitrogens with zero attached hydrogens (tertiary/aromatic N) is 1. The summed E-state index contributed by atoms with van der Waals surface area (Å²) < 4.78 is 5.38. The largest absolute Gasteiger partial charge is 0.496 e. The molecule has 0 aliphatic rings. The predicted molar refractivity (Wildman–Crippen MR) is 78.0 cm³/mol. The van der Waals surface area contributed by atoms with E-state index >= 15 is 0 Å². The van der Waals surface area contributed by atoms with E-state index in [1.54, 1.807) is 7.11 Å². The summed E-state index contributed by atoms with van der Waals surface area (Å²) in [4.78, 5) is 0. The summed E-state index contributed by atoms with van der Waals surface area (Å²) in [5.74, 6) is 0.568. The first-order valence-corrected chi connectivity index (χ1v) is 6.68. The van der Waals surface area contributed by atoms with E-state index in [1.165, 1.54) is 5.56 Å². The topological polar surface area (TPSA) is 59.0 Å². The SMILES string of the molecule is CCC(C#N)C(N)c1cc(C(C)(C)C)ccc1OC. The molecule has 104 valence electrons. The van der Waals surface area contributed by atoms with Gasteiger partial charge in [-0.25, -0.2) is 0 Å². The normalized spacial score (nSPS) is 14.6. The fourth-order valence-electron chi connectivity index (χ4n) is 2.10. The molecular weight excluding hydrogens is 236 g/mol. The van der Waals surface area contributed by atoms with Crippen LogP contribution in [0.1, 0.15) is 51.3 Å². The van der Waals surface area contributed by atoms with Crippen molar-refractivity contribution in [3.63, 3.8) is 0 Å². The minimum Gasteiger partial charge on any atom is -0.496 e. The van der Waals surface area contributed by atoms with Crippen LogP contribution in [0.2, 0.25) is 0 Å². The van der Waals surface area contributed by atoms with Crippen LogP contribution < -0.4 is 10.5 Å². The molecule has 0 aliphatic carbocycles. The number of hydrogen-bond acceptors (Lipinski definition) is 3. The van der Waals surface area contributed by atoms with Crippen molar-refractivity contribution in [2.24, 2.45) is 11.7 Å². The first kappa shape index (κ1) is 15.5. The molecule has 3 nitrogen and oxygen atoms in total. The molecule has 2 atom stereocenters. The molecule has 0 radical (unpaired) electrons. The first-order chi connectivity index (χ1) is 8.85. The number of nitrogens with two attached hydrogens (primary N) is 1. The van der Waals surface area contributed by atoms with E-state index in [-0.39, 0.29) is 17.4 Å². The number of benzene rings is 1. The van der Waals surface area contributed by atoms with Crippen LogP contribution in [0.4, 0.5) is 0 Å². The van der Waals surface area contributed by atoms with E-state index in [9.17, 15) is 5.26 Å². The lowest BCUT2D eigenvalue weighted by atomic mass is 9.83. The Balaban J connectivity index is 3.27. The highest BCUT2D eigenvalue weighted by Gasteiger charge is 2.23. The third kappa shape index (κ3) is 3.48. The van der Waals surface area contributed by atoms with Gasteiger partial charge in [0.25, 0.3) is 0 Å². The fraction of sp³-hybridized carbons (Fsp3) is 0.562. The Morgan fingerprint density at radius 3 is 2.42 bits per heavy atom. The van der Waals surface area contributed by atoms with E-state index in [1.807, 2.05) is 13.0 Å². The predicted octanol–water partition coefficient (Wildman–Crippen LogP) is 3.54. The summed E-state index contributed by atoms with van der Waals surface area (Å²) in [6.07, 6.45) is 0.737. The van der Waals surface area contributed by atoms with Gasteiger partial charge in [-0.2, -0.15) is 5.26 Å². The molecule has 0 amide bonds. The molecule has 0 heterocycles. The van der Waals surface area contributed by atoms with Crippen LogP contribution in [0.15, 0.2) is 18.2 Å². The zero-order valence-electron chi connectivity index (χ0n) is 12.5.